The number of aromatic nitrogens is 2. The average molecular weight is 315 g/mol. The van der Waals surface area contributed by atoms with Crippen molar-refractivity contribution in [3.63, 3.8) is 0 Å². The quantitative estimate of drug-likeness (QED) is 0.736. The van der Waals surface area contributed by atoms with Gasteiger partial charge < -0.3 is 14.4 Å². The normalized spacial score (nSPS) is 11.0. The molecule has 0 bridgehead atoms. The lowest BCUT2D eigenvalue weighted by Crippen LogP contribution is -2.24. The first kappa shape index (κ1) is 14.7. The number of rotatable bonds is 5. The van der Waals surface area contributed by atoms with Gasteiger partial charge in [0.05, 0.1) is 18.0 Å². The topological polar surface area (TPSA) is 60.1 Å². The Hall–Kier alpha value is -2.21. The van der Waals surface area contributed by atoms with E-state index in [1.807, 2.05) is 32.2 Å². The van der Waals surface area contributed by atoms with Gasteiger partial charge in [0, 0.05) is 35.1 Å². The fraction of sp³-hybridized carbons (Fsp3) is 0.250. The van der Waals surface area contributed by atoms with Gasteiger partial charge in [-0.05, 0) is 13.0 Å². The van der Waals surface area contributed by atoms with E-state index in [9.17, 15) is 4.79 Å². The number of hydrogen-bond acceptors (Lipinski definition) is 4. The zero-order valence-corrected chi connectivity index (χ0v) is 13.3. The summed E-state index contributed by atoms with van der Waals surface area (Å²) in [6, 6.07) is 10.00. The zero-order valence-electron chi connectivity index (χ0n) is 12.5. The van der Waals surface area contributed by atoms with Crippen LogP contribution in [0.25, 0.3) is 10.9 Å². The van der Waals surface area contributed by atoms with Crippen LogP contribution >= 0.6 is 11.8 Å². The molecular formula is C16H17N3O2S. The fourth-order valence-electron chi connectivity index (χ4n) is 2.30. The lowest BCUT2D eigenvalue weighted by molar-refractivity contribution is -0.118. The van der Waals surface area contributed by atoms with Gasteiger partial charge in [-0.2, -0.15) is 0 Å². The predicted molar refractivity (Wildman–Crippen MR) is 86.7 cm³/mol. The van der Waals surface area contributed by atoms with Crippen molar-refractivity contribution in [2.24, 2.45) is 7.05 Å². The molecular weight excluding hydrogens is 298 g/mol. The van der Waals surface area contributed by atoms with Crippen LogP contribution in [0.1, 0.15) is 11.5 Å². The monoisotopic (exact) mass is 315 g/mol. The second-order valence-corrected chi connectivity index (χ2v) is 6.14. The van der Waals surface area contributed by atoms with Crippen LogP contribution in [0.3, 0.4) is 0 Å². The third-order valence-electron chi connectivity index (χ3n) is 3.36. The number of para-hydroxylation sites is 1. The Morgan fingerprint density at radius 3 is 3.00 bits per heavy atom. The van der Waals surface area contributed by atoms with Gasteiger partial charge in [0.25, 0.3) is 0 Å². The first-order chi connectivity index (χ1) is 10.6. The van der Waals surface area contributed by atoms with Crippen LogP contribution in [0.5, 0.6) is 0 Å². The molecule has 1 amide bonds. The molecule has 0 aliphatic rings. The Morgan fingerprint density at radius 2 is 2.23 bits per heavy atom. The first-order valence-corrected chi connectivity index (χ1v) is 7.98. The minimum absolute atomic E-state index is 0.0213. The summed E-state index contributed by atoms with van der Waals surface area (Å²) in [5.74, 6) is 1.02. The van der Waals surface area contributed by atoms with E-state index in [0.29, 0.717) is 18.1 Å². The highest BCUT2D eigenvalue weighted by atomic mass is 32.2. The van der Waals surface area contributed by atoms with Gasteiger partial charge >= 0.3 is 0 Å². The van der Waals surface area contributed by atoms with Gasteiger partial charge in [-0.1, -0.05) is 23.4 Å². The van der Waals surface area contributed by atoms with Crippen molar-refractivity contribution in [1.82, 2.24) is 15.0 Å². The summed E-state index contributed by atoms with van der Waals surface area (Å²) < 4.78 is 7.14. The molecule has 0 unspecified atom stereocenters. The number of benzene rings is 1. The summed E-state index contributed by atoms with van der Waals surface area (Å²) >= 11 is 1.54. The van der Waals surface area contributed by atoms with Crippen molar-refractivity contribution in [3.05, 3.63) is 48.0 Å². The number of amides is 1. The number of carbonyl (C=O) groups excluding carboxylic acids is 1. The molecule has 6 heteroatoms. The summed E-state index contributed by atoms with van der Waals surface area (Å²) in [5.41, 5.74) is 1.98. The van der Waals surface area contributed by atoms with Crippen molar-refractivity contribution in [3.8, 4) is 0 Å². The molecule has 22 heavy (non-hydrogen) atoms. The van der Waals surface area contributed by atoms with Crippen LogP contribution in [0.2, 0.25) is 0 Å². The van der Waals surface area contributed by atoms with Crippen LogP contribution in [-0.4, -0.2) is 21.4 Å². The van der Waals surface area contributed by atoms with Gasteiger partial charge in [-0.15, -0.1) is 11.8 Å². The number of fused-ring (bicyclic) bond motifs is 1. The van der Waals surface area contributed by atoms with Gasteiger partial charge in [-0.3, -0.25) is 4.79 Å². The van der Waals surface area contributed by atoms with Crippen LogP contribution in [0.15, 0.2) is 45.9 Å². The highest BCUT2D eigenvalue weighted by Crippen LogP contribution is 2.29. The van der Waals surface area contributed by atoms with Gasteiger partial charge in [0.2, 0.25) is 5.91 Å². The number of carbonyl (C=O) groups is 1. The highest BCUT2D eigenvalue weighted by molar-refractivity contribution is 8.00. The van der Waals surface area contributed by atoms with E-state index >= 15 is 0 Å². The maximum Gasteiger partial charge on any atom is 0.230 e. The molecule has 0 aliphatic carbocycles. The Kier molecular flexibility index (Phi) is 4.20. The maximum atomic E-state index is 11.9. The predicted octanol–water partition coefficient (Wildman–Crippen LogP) is 2.88. The van der Waals surface area contributed by atoms with E-state index in [0.717, 1.165) is 10.6 Å². The van der Waals surface area contributed by atoms with Crippen LogP contribution in [0.4, 0.5) is 0 Å². The van der Waals surface area contributed by atoms with Crippen molar-refractivity contribution in [1.29, 1.82) is 0 Å². The molecule has 0 radical (unpaired) electrons. The molecule has 1 aromatic carbocycles. The molecule has 0 aliphatic heterocycles. The number of thioether (sulfide) groups is 1. The number of nitrogens with one attached hydrogen (secondary N) is 1. The Morgan fingerprint density at radius 1 is 1.41 bits per heavy atom. The van der Waals surface area contributed by atoms with Crippen molar-refractivity contribution in [2.75, 3.05) is 5.75 Å². The third-order valence-corrected chi connectivity index (χ3v) is 4.40. The number of hydrogen-bond donors (Lipinski definition) is 1. The molecule has 1 N–H and O–H groups in total. The summed E-state index contributed by atoms with van der Waals surface area (Å²) in [5, 5.41) is 7.80. The number of aryl methyl sites for hydroxylation is 2. The molecule has 2 aromatic heterocycles. The Bertz CT molecular complexity index is 807. The van der Waals surface area contributed by atoms with Crippen LogP contribution < -0.4 is 5.32 Å². The smallest absolute Gasteiger partial charge is 0.230 e. The van der Waals surface area contributed by atoms with E-state index in [2.05, 4.69) is 33.4 Å². The second-order valence-electron chi connectivity index (χ2n) is 5.12. The molecule has 0 saturated heterocycles. The van der Waals surface area contributed by atoms with Gasteiger partial charge in [-0.25, -0.2) is 0 Å². The van der Waals surface area contributed by atoms with E-state index in [1.54, 1.807) is 11.8 Å². The fourth-order valence-corrected chi connectivity index (χ4v) is 3.25. The lowest BCUT2D eigenvalue weighted by Gasteiger charge is -2.02. The molecule has 0 spiro atoms. The molecule has 0 fully saturated rings. The van der Waals surface area contributed by atoms with Crippen molar-refractivity contribution < 1.29 is 9.32 Å². The summed E-state index contributed by atoms with van der Waals surface area (Å²) in [4.78, 5) is 13.1. The van der Waals surface area contributed by atoms with Crippen molar-refractivity contribution in [2.45, 2.75) is 18.4 Å². The standard InChI is InChI=1S/C16H17N3O2S/c1-11-7-12(21-18-11)8-17-16(20)10-22-15-9-19(2)14-6-4-3-5-13(14)15/h3-7,9H,8,10H2,1-2H3,(H,17,20). The minimum Gasteiger partial charge on any atom is -0.359 e. The summed E-state index contributed by atoms with van der Waals surface area (Å²) in [6.45, 7) is 2.22. The molecule has 0 atom stereocenters. The SMILES string of the molecule is Cc1cc(CNC(=O)CSc2cn(C)c3ccccc23)on1. The maximum absolute atomic E-state index is 11.9. The van der Waals surface area contributed by atoms with Crippen LogP contribution in [0, 0.1) is 6.92 Å². The first-order valence-electron chi connectivity index (χ1n) is 6.99. The molecule has 0 saturated carbocycles. The summed E-state index contributed by atoms with van der Waals surface area (Å²) in [7, 11) is 2.01. The van der Waals surface area contributed by atoms with Gasteiger partial charge in [0.1, 0.15) is 0 Å². The van der Waals surface area contributed by atoms with E-state index < -0.39 is 0 Å². The average Bonchev–Trinajstić information content (AvgIpc) is 3.07. The second kappa shape index (κ2) is 6.27. The number of nitrogens with zero attached hydrogens (tertiary/aromatic N) is 2. The van der Waals surface area contributed by atoms with Crippen molar-refractivity contribution >= 4 is 28.6 Å². The van der Waals surface area contributed by atoms with Crippen LogP contribution in [-0.2, 0) is 18.4 Å². The molecule has 3 aromatic rings. The van der Waals surface area contributed by atoms with E-state index in [-0.39, 0.29) is 5.91 Å². The van der Waals surface area contributed by atoms with E-state index in [4.69, 9.17) is 4.52 Å². The largest absolute Gasteiger partial charge is 0.359 e. The molecule has 114 valence electrons. The third kappa shape index (κ3) is 3.17. The zero-order chi connectivity index (χ0) is 15.5. The van der Waals surface area contributed by atoms with E-state index in [1.165, 1.54) is 10.9 Å². The molecule has 2 heterocycles. The summed E-state index contributed by atoms with van der Waals surface area (Å²) in [6.07, 6.45) is 2.06. The highest BCUT2D eigenvalue weighted by Gasteiger charge is 2.09. The molecule has 5 nitrogen and oxygen atoms in total. The Labute approximate surface area is 132 Å². The lowest BCUT2D eigenvalue weighted by atomic mass is 10.2. The Balaban J connectivity index is 1.58. The molecule has 3 rings (SSSR count). The minimum atomic E-state index is -0.0213. The van der Waals surface area contributed by atoms with Gasteiger partial charge in [0.15, 0.2) is 5.76 Å².